The molecule has 0 saturated carbocycles. The highest BCUT2D eigenvalue weighted by Gasteiger charge is 2.52. The van der Waals surface area contributed by atoms with E-state index in [1.165, 1.54) is 0 Å². The molecule has 0 aromatic carbocycles. The molecule has 0 radical (unpaired) electrons. The number of rotatable bonds is 2. The SMILES string of the molecule is CC(C)(O)c1ccc(B2OC(C)(C)C(C)(C)O2)c(N)n1. The van der Waals surface area contributed by atoms with E-state index in [-0.39, 0.29) is 0 Å². The van der Waals surface area contributed by atoms with Crippen LogP contribution in [0.2, 0.25) is 0 Å². The van der Waals surface area contributed by atoms with Crippen molar-refractivity contribution in [1.29, 1.82) is 0 Å². The van der Waals surface area contributed by atoms with E-state index in [1.54, 1.807) is 26.0 Å². The smallest absolute Gasteiger partial charge is 0.399 e. The van der Waals surface area contributed by atoms with Gasteiger partial charge in [0.05, 0.1) is 16.9 Å². The second kappa shape index (κ2) is 4.45. The molecule has 0 amide bonds. The summed E-state index contributed by atoms with van der Waals surface area (Å²) in [5, 5.41) is 9.96. The maximum atomic E-state index is 9.96. The van der Waals surface area contributed by atoms with Crippen molar-refractivity contribution in [2.75, 3.05) is 5.73 Å². The molecule has 20 heavy (non-hydrogen) atoms. The van der Waals surface area contributed by atoms with E-state index >= 15 is 0 Å². The van der Waals surface area contributed by atoms with Crippen molar-refractivity contribution >= 4 is 18.4 Å². The zero-order valence-corrected chi connectivity index (χ0v) is 13.0. The van der Waals surface area contributed by atoms with Crippen molar-refractivity contribution in [3.8, 4) is 0 Å². The third-order valence-corrected chi connectivity index (χ3v) is 4.09. The molecule has 1 saturated heterocycles. The summed E-state index contributed by atoms with van der Waals surface area (Å²) in [6.45, 7) is 11.3. The number of pyridine rings is 1. The molecular formula is C14H23BN2O3. The molecule has 5 nitrogen and oxygen atoms in total. The van der Waals surface area contributed by atoms with Gasteiger partial charge in [-0.05, 0) is 47.6 Å². The van der Waals surface area contributed by atoms with Gasteiger partial charge in [0.25, 0.3) is 0 Å². The Morgan fingerprint density at radius 3 is 2.05 bits per heavy atom. The standard InChI is InChI=1S/C14H23BN2O3/c1-12(2,18)10-8-7-9(11(16)17-10)15-19-13(3,4)14(5,6)20-15/h7-8,18H,1-6H3,(H2,16,17). The molecular weight excluding hydrogens is 255 g/mol. The molecule has 2 heterocycles. The summed E-state index contributed by atoms with van der Waals surface area (Å²) in [4.78, 5) is 4.25. The van der Waals surface area contributed by atoms with Crippen LogP contribution in [-0.2, 0) is 14.9 Å². The van der Waals surface area contributed by atoms with Crippen LogP contribution in [0.5, 0.6) is 0 Å². The predicted octanol–water partition coefficient (Wildman–Crippen LogP) is 1.19. The third-order valence-electron chi connectivity index (χ3n) is 4.09. The number of aliphatic hydroxyl groups is 1. The number of nitrogens with zero attached hydrogens (tertiary/aromatic N) is 1. The van der Waals surface area contributed by atoms with E-state index in [2.05, 4.69) is 4.98 Å². The number of anilines is 1. The van der Waals surface area contributed by atoms with Crippen LogP contribution in [-0.4, -0.2) is 28.4 Å². The van der Waals surface area contributed by atoms with Gasteiger partial charge in [0.2, 0.25) is 0 Å². The lowest BCUT2D eigenvalue weighted by Gasteiger charge is -2.32. The second-order valence-corrected chi connectivity index (χ2v) is 6.82. The summed E-state index contributed by atoms with van der Waals surface area (Å²) < 4.78 is 11.9. The van der Waals surface area contributed by atoms with Gasteiger partial charge in [-0.2, -0.15) is 0 Å². The van der Waals surface area contributed by atoms with Crippen LogP contribution in [0.15, 0.2) is 12.1 Å². The van der Waals surface area contributed by atoms with Crippen molar-refractivity contribution < 1.29 is 14.4 Å². The van der Waals surface area contributed by atoms with E-state index in [0.717, 1.165) is 0 Å². The minimum absolute atomic E-state index is 0.322. The average Bonchev–Trinajstić information content (AvgIpc) is 2.46. The van der Waals surface area contributed by atoms with Crippen LogP contribution < -0.4 is 11.2 Å². The Balaban J connectivity index is 2.33. The Hall–Kier alpha value is -1.11. The summed E-state index contributed by atoms with van der Waals surface area (Å²) in [5.41, 5.74) is 5.35. The summed E-state index contributed by atoms with van der Waals surface area (Å²) in [6, 6.07) is 3.55. The van der Waals surface area contributed by atoms with E-state index in [9.17, 15) is 5.11 Å². The number of nitrogen functional groups attached to an aromatic ring is 1. The molecule has 1 aliphatic rings. The molecule has 1 fully saturated rings. The first-order chi connectivity index (χ1) is 8.94. The first-order valence-electron chi connectivity index (χ1n) is 6.79. The molecule has 3 N–H and O–H groups in total. The molecule has 0 spiro atoms. The summed E-state index contributed by atoms with van der Waals surface area (Å²) in [5.74, 6) is 0.322. The molecule has 6 heteroatoms. The van der Waals surface area contributed by atoms with Crippen molar-refractivity contribution in [1.82, 2.24) is 4.98 Å². The fourth-order valence-electron chi connectivity index (χ4n) is 2.00. The third kappa shape index (κ3) is 2.55. The molecule has 0 bridgehead atoms. The van der Waals surface area contributed by atoms with Crippen LogP contribution in [0.4, 0.5) is 5.82 Å². The Bertz CT molecular complexity index is 508. The van der Waals surface area contributed by atoms with Crippen molar-refractivity contribution in [3.05, 3.63) is 17.8 Å². The molecule has 1 aliphatic heterocycles. The molecule has 1 aromatic rings. The van der Waals surface area contributed by atoms with Crippen LogP contribution in [0, 0.1) is 0 Å². The highest BCUT2D eigenvalue weighted by atomic mass is 16.7. The van der Waals surface area contributed by atoms with Crippen molar-refractivity contribution in [2.24, 2.45) is 0 Å². The zero-order valence-electron chi connectivity index (χ0n) is 13.0. The van der Waals surface area contributed by atoms with Crippen LogP contribution in [0.3, 0.4) is 0 Å². The maximum absolute atomic E-state index is 9.96. The lowest BCUT2D eigenvalue weighted by molar-refractivity contribution is 0.00578. The largest absolute Gasteiger partial charge is 0.498 e. The minimum atomic E-state index is -1.03. The Labute approximate surface area is 120 Å². The molecule has 2 rings (SSSR count). The topological polar surface area (TPSA) is 77.6 Å². The van der Waals surface area contributed by atoms with Gasteiger partial charge in [-0.25, -0.2) is 4.98 Å². The van der Waals surface area contributed by atoms with Gasteiger partial charge in [0.1, 0.15) is 11.4 Å². The Morgan fingerprint density at radius 1 is 1.15 bits per heavy atom. The van der Waals surface area contributed by atoms with Gasteiger partial charge in [0, 0.05) is 5.46 Å². The van der Waals surface area contributed by atoms with Gasteiger partial charge in [-0.15, -0.1) is 0 Å². The number of hydrogen-bond donors (Lipinski definition) is 2. The zero-order chi connectivity index (χ0) is 15.3. The molecule has 0 atom stereocenters. The fourth-order valence-corrected chi connectivity index (χ4v) is 2.00. The van der Waals surface area contributed by atoms with E-state index in [0.29, 0.717) is 17.0 Å². The van der Waals surface area contributed by atoms with Gasteiger partial charge < -0.3 is 20.1 Å². The van der Waals surface area contributed by atoms with E-state index in [4.69, 9.17) is 15.0 Å². The maximum Gasteiger partial charge on any atom is 0.498 e. The summed E-state index contributed by atoms with van der Waals surface area (Å²) in [7, 11) is -0.539. The second-order valence-electron chi connectivity index (χ2n) is 6.82. The summed E-state index contributed by atoms with van der Waals surface area (Å²) >= 11 is 0. The first-order valence-corrected chi connectivity index (χ1v) is 6.79. The van der Waals surface area contributed by atoms with E-state index < -0.39 is 23.9 Å². The van der Waals surface area contributed by atoms with Crippen molar-refractivity contribution in [2.45, 2.75) is 58.3 Å². The lowest BCUT2D eigenvalue weighted by Crippen LogP contribution is -2.41. The van der Waals surface area contributed by atoms with Crippen LogP contribution >= 0.6 is 0 Å². The van der Waals surface area contributed by atoms with Gasteiger partial charge in [-0.3, -0.25) is 0 Å². The molecule has 0 unspecified atom stereocenters. The van der Waals surface area contributed by atoms with Gasteiger partial charge >= 0.3 is 7.12 Å². The van der Waals surface area contributed by atoms with Gasteiger partial charge in [-0.1, -0.05) is 6.07 Å². The highest BCUT2D eigenvalue weighted by molar-refractivity contribution is 6.63. The Kier molecular flexibility index (Phi) is 3.40. The number of hydrogen-bond acceptors (Lipinski definition) is 5. The Morgan fingerprint density at radius 2 is 1.65 bits per heavy atom. The number of aromatic nitrogens is 1. The minimum Gasteiger partial charge on any atom is -0.399 e. The number of nitrogens with two attached hydrogens (primary N) is 1. The summed E-state index contributed by atoms with van der Waals surface area (Å²) in [6.07, 6.45) is 0. The molecule has 110 valence electrons. The average molecular weight is 278 g/mol. The quantitative estimate of drug-likeness (QED) is 0.794. The predicted molar refractivity (Wildman–Crippen MR) is 79.6 cm³/mol. The normalized spacial score (nSPS) is 21.2. The lowest BCUT2D eigenvalue weighted by atomic mass is 9.79. The van der Waals surface area contributed by atoms with Crippen LogP contribution in [0.25, 0.3) is 0 Å². The first kappa shape index (κ1) is 15.3. The monoisotopic (exact) mass is 278 g/mol. The van der Waals surface area contributed by atoms with Gasteiger partial charge in [0.15, 0.2) is 0 Å². The highest BCUT2D eigenvalue weighted by Crippen LogP contribution is 2.36. The van der Waals surface area contributed by atoms with Crippen LogP contribution in [0.1, 0.15) is 47.2 Å². The fraction of sp³-hybridized carbons (Fsp3) is 0.643. The molecule has 0 aliphatic carbocycles. The molecule has 1 aromatic heterocycles. The van der Waals surface area contributed by atoms with E-state index in [1.807, 2.05) is 27.7 Å². The van der Waals surface area contributed by atoms with Crippen molar-refractivity contribution in [3.63, 3.8) is 0 Å².